The van der Waals surface area contributed by atoms with Crippen molar-refractivity contribution in [1.82, 2.24) is 25.1 Å². The number of rotatable bonds is 12. The second-order valence-electron chi connectivity index (χ2n) is 11.0. The quantitative estimate of drug-likeness (QED) is 0.0979. The number of benzene rings is 4. The first-order valence-corrected chi connectivity index (χ1v) is 16.3. The number of carbonyl (C=O) groups is 2. The van der Waals surface area contributed by atoms with E-state index in [9.17, 15) is 24.1 Å². The second-order valence-corrected chi connectivity index (χ2v) is 11.9. The number of amides is 2. The number of nitro benzene ring substituents is 1. The number of aromatic nitrogens is 3. The Bertz CT molecular complexity index is 2050. The molecule has 4 aromatic carbocycles. The van der Waals surface area contributed by atoms with Gasteiger partial charge in [-0.3, -0.25) is 24.3 Å². The minimum Gasteiger partial charge on any atom is -0.497 e. The number of halogens is 1. The van der Waals surface area contributed by atoms with E-state index in [1.807, 2.05) is 48.5 Å². The van der Waals surface area contributed by atoms with Gasteiger partial charge in [-0.1, -0.05) is 30.0 Å². The average Bonchev–Trinajstić information content (AvgIpc) is 3.78. The first kappa shape index (κ1) is 33.8. The van der Waals surface area contributed by atoms with Gasteiger partial charge in [0.15, 0.2) is 11.0 Å². The highest BCUT2D eigenvalue weighted by atomic mass is 32.2. The minimum atomic E-state index is -0.553. The molecule has 50 heavy (non-hydrogen) atoms. The van der Waals surface area contributed by atoms with Gasteiger partial charge in [-0.2, -0.15) is 5.10 Å². The van der Waals surface area contributed by atoms with Crippen LogP contribution >= 0.6 is 11.8 Å². The zero-order valence-electron chi connectivity index (χ0n) is 26.9. The summed E-state index contributed by atoms with van der Waals surface area (Å²) in [5.74, 6) is 0.221. The monoisotopic (exact) mass is 695 g/mol. The molecule has 0 radical (unpaired) electrons. The maximum Gasteiger partial charge on any atom is 0.269 e. The smallest absolute Gasteiger partial charge is 0.269 e. The van der Waals surface area contributed by atoms with Crippen LogP contribution in [0, 0.1) is 15.9 Å². The molecule has 254 valence electrons. The summed E-state index contributed by atoms with van der Waals surface area (Å²) in [4.78, 5) is 37.5. The van der Waals surface area contributed by atoms with Crippen LogP contribution in [0.3, 0.4) is 0 Å². The van der Waals surface area contributed by atoms with Gasteiger partial charge in [-0.05, 0) is 77.9 Å². The zero-order chi connectivity index (χ0) is 35.2. The molecule has 0 aliphatic carbocycles. The maximum atomic E-state index is 13.9. The fourth-order valence-corrected chi connectivity index (χ4v) is 6.18. The van der Waals surface area contributed by atoms with Crippen LogP contribution in [0.5, 0.6) is 11.5 Å². The molecule has 1 atom stereocenters. The lowest BCUT2D eigenvalue weighted by Gasteiger charge is -2.22. The molecule has 2 heterocycles. The summed E-state index contributed by atoms with van der Waals surface area (Å²) in [5, 5.41) is 29.1. The molecule has 0 bridgehead atoms. The van der Waals surface area contributed by atoms with Gasteiger partial charge in [0.1, 0.15) is 17.3 Å². The Morgan fingerprint density at radius 1 is 0.960 bits per heavy atom. The van der Waals surface area contributed by atoms with Crippen LogP contribution in [0.4, 0.5) is 10.1 Å². The number of hydrazone groups is 1. The Balaban J connectivity index is 1.26. The Kier molecular flexibility index (Phi) is 10.1. The standard InChI is InChI=1S/C35H30FN7O6S/c1-48-28-14-6-22(7-15-28)30-19-31(23-8-16-29(49-2)17-9-23)42(40-30)33(44)21-50-35-39-38-32(20-37-34(45)24-4-3-5-25(36)18-24)41(35)26-10-12-27(13-11-26)43(46)47/h3-18,31H,19-21H2,1-2H3,(H,37,45)/t31-/m1/s1. The number of hydrogen-bond donors (Lipinski definition) is 1. The molecule has 0 saturated carbocycles. The van der Waals surface area contributed by atoms with Crippen molar-refractivity contribution in [2.24, 2.45) is 5.10 Å². The lowest BCUT2D eigenvalue weighted by atomic mass is 9.98. The molecule has 1 aromatic heterocycles. The van der Waals surface area contributed by atoms with Gasteiger partial charge in [-0.15, -0.1) is 10.2 Å². The van der Waals surface area contributed by atoms with Crippen molar-refractivity contribution in [3.8, 4) is 17.2 Å². The molecule has 1 aliphatic heterocycles. The van der Waals surface area contributed by atoms with Crippen LogP contribution < -0.4 is 14.8 Å². The van der Waals surface area contributed by atoms with Gasteiger partial charge in [0.05, 0.1) is 43.2 Å². The molecule has 6 rings (SSSR count). The van der Waals surface area contributed by atoms with Crippen LogP contribution in [0.2, 0.25) is 0 Å². The van der Waals surface area contributed by atoms with Crippen molar-refractivity contribution >= 4 is 35.0 Å². The summed E-state index contributed by atoms with van der Waals surface area (Å²) in [6.07, 6.45) is 0.475. The largest absolute Gasteiger partial charge is 0.497 e. The fourth-order valence-electron chi connectivity index (χ4n) is 5.36. The number of nitro groups is 1. The minimum absolute atomic E-state index is 0.0766. The number of carbonyl (C=O) groups excluding carboxylic acids is 2. The SMILES string of the molecule is COc1ccc(C2=NN(C(=O)CSc3nnc(CNC(=O)c4cccc(F)c4)n3-c3ccc([N+](=O)[O-])cc3)[C@@H](c3ccc(OC)cc3)C2)cc1. The van der Waals surface area contributed by atoms with Crippen molar-refractivity contribution in [3.05, 3.63) is 136 Å². The summed E-state index contributed by atoms with van der Waals surface area (Å²) in [7, 11) is 3.18. The number of thioether (sulfide) groups is 1. The summed E-state index contributed by atoms with van der Waals surface area (Å²) in [5.41, 5.74) is 2.95. The van der Waals surface area contributed by atoms with Crippen molar-refractivity contribution < 1.29 is 28.4 Å². The summed E-state index contributed by atoms with van der Waals surface area (Å²) in [6.45, 7) is -0.102. The Labute approximate surface area is 289 Å². The van der Waals surface area contributed by atoms with Crippen LogP contribution in [0.15, 0.2) is 107 Å². The zero-order valence-corrected chi connectivity index (χ0v) is 27.7. The van der Waals surface area contributed by atoms with Crippen molar-refractivity contribution in [3.63, 3.8) is 0 Å². The van der Waals surface area contributed by atoms with Crippen LogP contribution in [0.25, 0.3) is 5.69 Å². The second kappa shape index (κ2) is 15.0. The molecule has 1 aliphatic rings. The predicted molar refractivity (Wildman–Crippen MR) is 183 cm³/mol. The number of ether oxygens (including phenoxy) is 2. The average molecular weight is 696 g/mol. The van der Waals surface area contributed by atoms with Gasteiger partial charge < -0.3 is 14.8 Å². The van der Waals surface area contributed by atoms with Crippen molar-refractivity contribution in [2.75, 3.05) is 20.0 Å². The Morgan fingerprint density at radius 2 is 1.64 bits per heavy atom. The molecular weight excluding hydrogens is 665 g/mol. The number of methoxy groups -OCH3 is 2. The molecule has 13 nitrogen and oxygen atoms in total. The van der Waals surface area contributed by atoms with Crippen molar-refractivity contribution in [2.45, 2.75) is 24.2 Å². The van der Waals surface area contributed by atoms with Crippen molar-refractivity contribution in [1.29, 1.82) is 0 Å². The van der Waals surface area contributed by atoms with Crippen LogP contribution in [-0.4, -0.2) is 62.2 Å². The van der Waals surface area contributed by atoms with E-state index >= 15 is 0 Å². The topological polar surface area (TPSA) is 154 Å². The lowest BCUT2D eigenvalue weighted by Crippen LogP contribution is -2.28. The highest BCUT2D eigenvalue weighted by Crippen LogP contribution is 2.35. The highest BCUT2D eigenvalue weighted by Gasteiger charge is 2.33. The van der Waals surface area contributed by atoms with E-state index in [2.05, 4.69) is 15.5 Å². The predicted octanol–water partition coefficient (Wildman–Crippen LogP) is 5.73. The third-order valence-electron chi connectivity index (χ3n) is 7.93. The van der Waals surface area contributed by atoms with Crippen LogP contribution in [-0.2, 0) is 11.3 Å². The van der Waals surface area contributed by atoms with Crippen LogP contribution in [0.1, 0.15) is 39.8 Å². The molecule has 1 N–H and O–H groups in total. The number of hydrogen-bond acceptors (Lipinski definition) is 10. The van der Waals surface area contributed by atoms with E-state index in [1.165, 1.54) is 47.5 Å². The molecule has 0 fully saturated rings. The van der Waals surface area contributed by atoms with E-state index in [0.717, 1.165) is 34.7 Å². The van der Waals surface area contributed by atoms with E-state index < -0.39 is 16.6 Å². The van der Waals surface area contributed by atoms with Gasteiger partial charge in [0.25, 0.3) is 17.5 Å². The first-order chi connectivity index (χ1) is 24.2. The summed E-state index contributed by atoms with van der Waals surface area (Å²) >= 11 is 1.10. The molecule has 5 aromatic rings. The number of nitrogens with one attached hydrogen (secondary N) is 1. The fraction of sp³-hybridized carbons (Fsp3) is 0.171. The van der Waals surface area contributed by atoms with Gasteiger partial charge in [0, 0.05) is 29.8 Å². The van der Waals surface area contributed by atoms with E-state index in [4.69, 9.17) is 14.6 Å². The third-order valence-corrected chi connectivity index (χ3v) is 8.84. The maximum absolute atomic E-state index is 13.9. The summed E-state index contributed by atoms with van der Waals surface area (Å²) < 4.78 is 25.9. The number of non-ortho nitro benzene ring substituents is 1. The Morgan fingerprint density at radius 3 is 2.28 bits per heavy atom. The lowest BCUT2D eigenvalue weighted by molar-refractivity contribution is -0.384. The molecule has 2 amide bonds. The highest BCUT2D eigenvalue weighted by molar-refractivity contribution is 7.99. The van der Waals surface area contributed by atoms with E-state index in [1.54, 1.807) is 18.8 Å². The van der Waals surface area contributed by atoms with E-state index in [-0.39, 0.29) is 41.3 Å². The van der Waals surface area contributed by atoms with Gasteiger partial charge >= 0.3 is 0 Å². The molecule has 15 heteroatoms. The van der Waals surface area contributed by atoms with Gasteiger partial charge in [-0.25, -0.2) is 9.40 Å². The molecule has 0 unspecified atom stereocenters. The molecular formula is C35H30FN7O6S. The summed E-state index contributed by atoms with van der Waals surface area (Å²) in [6, 6.07) is 25.5. The number of nitrogens with zero attached hydrogens (tertiary/aromatic N) is 6. The van der Waals surface area contributed by atoms with E-state index in [0.29, 0.717) is 28.8 Å². The Hall–Kier alpha value is -6.09. The molecule has 0 saturated heterocycles. The third kappa shape index (κ3) is 7.47. The normalized spacial score (nSPS) is 13.9. The van der Waals surface area contributed by atoms with Gasteiger partial charge in [0.2, 0.25) is 0 Å². The first-order valence-electron chi connectivity index (χ1n) is 15.3. The molecule has 0 spiro atoms.